The molecule has 0 saturated carbocycles. The lowest BCUT2D eigenvalue weighted by atomic mass is 10.1. The van der Waals surface area contributed by atoms with E-state index in [1.165, 1.54) is 5.56 Å². The summed E-state index contributed by atoms with van der Waals surface area (Å²) in [6.07, 6.45) is 2.53. The van der Waals surface area contributed by atoms with Crippen LogP contribution < -0.4 is 14.8 Å². The molecule has 4 aromatic rings. The summed E-state index contributed by atoms with van der Waals surface area (Å²) in [6, 6.07) is 22.4. The summed E-state index contributed by atoms with van der Waals surface area (Å²) in [5.74, 6) is 2.46. The van der Waals surface area contributed by atoms with Crippen molar-refractivity contribution in [2.24, 2.45) is 0 Å². The van der Waals surface area contributed by atoms with Gasteiger partial charge in [-0.3, -0.25) is 4.79 Å². The van der Waals surface area contributed by atoms with Crippen LogP contribution in [0.2, 0.25) is 0 Å². The van der Waals surface area contributed by atoms with Crippen molar-refractivity contribution >= 4 is 16.9 Å². The first-order valence-corrected chi connectivity index (χ1v) is 12.7. The Morgan fingerprint density at radius 1 is 1.00 bits per heavy atom. The van der Waals surface area contributed by atoms with Gasteiger partial charge in [-0.15, -0.1) is 0 Å². The molecule has 0 radical (unpaired) electrons. The van der Waals surface area contributed by atoms with Crippen LogP contribution in [0, 0.1) is 13.8 Å². The van der Waals surface area contributed by atoms with Gasteiger partial charge >= 0.3 is 0 Å². The van der Waals surface area contributed by atoms with E-state index in [0.717, 1.165) is 58.9 Å². The van der Waals surface area contributed by atoms with Gasteiger partial charge in [-0.25, -0.2) is 4.98 Å². The van der Waals surface area contributed by atoms with Gasteiger partial charge in [-0.2, -0.15) is 0 Å². The maximum absolute atomic E-state index is 12.4. The number of ether oxygens (including phenoxy) is 2. The van der Waals surface area contributed by atoms with Crippen LogP contribution in [0.25, 0.3) is 11.0 Å². The molecule has 6 nitrogen and oxygen atoms in total. The van der Waals surface area contributed by atoms with Crippen molar-refractivity contribution in [2.45, 2.75) is 46.6 Å². The summed E-state index contributed by atoms with van der Waals surface area (Å²) in [6.45, 7) is 8.05. The Morgan fingerprint density at radius 2 is 1.81 bits per heavy atom. The van der Waals surface area contributed by atoms with Crippen molar-refractivity contribution in [3.05, 3.63) is 89.2 Å². The molecule has 0 aliphatic rings. The number of aryl methyl sites for hydroxylation is 4. The molecule has 1 amide bonds. The van der Waals surface area contributed by atoms with Gasteiger partial charge in [-0.1, -0.05) is 43.3 Å². The monoisotopic (exact) mass is 485 g/mol. The minimum Gasteiger partial charge on any atom is -0.494 e. The van der Waals surface area contributed by atoms with E-state index in [2.05, 4.69) is 35.0 Å². The van der Waals surface area contributed by atoms with E-state index in [4.69, 9.17) is 14.5 Å². The minimum atomic E-state index is -0.138. The Morgan fingerprint density at radius 3 is 2.61 bits per heavy atom. The lowest BCUT2D eigenvalue weighted by molar-refractivity contribution is -0.123. The highest BCUT2D eigenvalue weighted by molar-refractivity contribution is 5.78. The molecule has 1 heterocycles. The number of benzene rings is 3. The summed E-state index contributed by atoms with van der Waals surface area (Å²) in [5, 5.41) is 2.96. The van der Waals surface area contributed by atoms with Crippen LogP contribution in [-0.4, -0.2) is 35.2 Å². The largest absolute Gasteiger partial charge is 0.494 e. The molecule has 0 aliphatic carbocycles. The van der Waals surface area contributed by atoms with E-state index in [0.29, 0.717) is 19.6 Å². The Bertz CT molecular complexity index is 1290. The van der Waals surface area contributed by atoms with Gasteiger partial charge in [0.05, 0.1) is 17.6 Å². The molecule has 36 heavy (non-hydrogen) atoms. The van der Waals surface area contributed by atoms with E-state index in [9.17, 15) is 4.79 Å². The Kier molecular flexibility index (Phi) is 8.61. The number of para-hydroxylation sites is 2. The number of imidazole rings is 1. The number of carbonyl (C=O) groups is 1. The second kappa shape index (κ2) is 12.2. The molecule has 0 atom stereocenters. The van der Waals surface area contributed by atoms with Crippen molar-refractivity contribution in [2.75, 3.05) is 19.8 Å². The van der Waals surface area contributed by atoms with Crippen molar-refractivity contribution in [3.63, 3.8) is 0 Å². The van der Waals surface area contributed by atoms with Gasteiger partial charge in [0, 0.05) is 19.5 Å². The Labute approximate surface area is 213 Å². The highest BCUT2D eigenvalue weighted by atomic mass is 16.5. The normalized spacial score (nSPS) is 11.0. The molecule has 4 rings (SSSR count). The molecule has 1 aromatic heterocycles. The predicted octanol–water partition coefficient (Wildman–Crippen LogP) is 5.42. The van der Waals surface area contributed by atoms with Gasteiger partial charge in [0.1, 0.15) is 17.3 Å². The van der Waals surface area contributed by atoms with E-state index in [-0.39, 0.29) is 12.5 Å². The number of hydrogen-bond donors (Lipinski definition) is 1. The lowest BCUT2D eigenvalue weighted by Gasteiger charge is -2.12. The number of fused-ring (bicyclic) bond motifs is 1. The molecule has 0 unspecified atom stereocenters. The SMILES string of the molecule is CCc1ccc(OCCCn2c(CCNC(=O)COc3cc(C)ccc3C)nc3ccccc32)cc1. The number of nitrogens with zero attached hydrogens (tertiary/aromatic N) is 2. The van der Waals surface area contributed by atoms with Crippen LogP contribution in [0.15, 0.2) is 66.7 Å². The van der Waals surface area contributed by atoms with Gasteiger partial charge in [-0.05, 0) is 73.7 Å². The molecule has 6 heteroatoms. The molecular weight excluding hydrogens is 450 g/mol. The van der Waals surface area contributed by atoms with Crippen molar-refractivity contribution in [1.82, 2.24) is 14.9 Å². The van der Waals surface area contributed by atoms with Gasteiger partial charge in [0.2, 0.25) is 0 Å². The molecule has 3 aromatic carbocycles. The molecular formula is C30H35N3O3. The second-order valence-electron chi connectivity index (χ2n) is 9.03. The van der Waals surface area contributed by atoms with Crippen molar-refractivity contribution in [3.8, 4) is 11.5 Å². The van der Waals surface area contributed by atoms with E-state index < -0.39 is 0 Å². The average molecular weight is 486 g/mol. The topological polar surface area (TPSA) is 65.4 Å². The number of nitrogens with one attached hydrogen (secondary N) is 1. The highest BCUT2D eigenvalue weighted by Gasteiger charge is 2.11. The Hall–Kier alpha value is -3.80. The van der Waals surface area contributed by atoms with Crippen molar-refractivity contribution < 1.29 is 14.3 Å². The van der Waals surface area contributed by atoms with Gasteiger partial charge < -0.3 is 19.4 Å². The maximum atomic E-state index is 12.4. The van der Waals surface area contributed by atoms with E-state index >= 15 is 0 Å². The molecule has 1 N–H and O–H groups in total. The van der Waals surface area contributed by atoms with Crippen LogP contribution in [0.3, 0.4) is 0 Å². The zero-order valence-corrected chi connectivity index (χ0v) is 21.4. The summed E-state index contributed by atoms with van der Waals surface area (Å²) >= 11 is 0. The molecule has 0 fully saturated rings. The first-order chi connectivity index (χ1) is 17.5. The Balaban J connectivity index is 1.29. The summed E-state index contributed by atoms with van der Waals surface area (Å²) in [4.78, 5) is 17.2. The average Bonchev–Trinajstić information content (AvgIpc) is 3.24. The first-order valence-electron chi connectivity index (χ1n) is 12.7. The number of carbonyl (C=O) groups excluding carboxylic acids is 1. The fourth-order valence-electron chi connectivity index (χ4n) is 4.17. The van der Waals surface area contributed by atoms with E-state index in [1.807, 2.05) is 62.4 Å². The number of aromatic nitrogens is 2. The molecule has 188 valence electrons. The number of amides is 1. The first kappa shape index (κ1) is 25.3. The smallest absolute Gasteiger partial charge is 0.257 e. The van der Waals surface area contributed by atoms with Gasteiger partial charge in [0.15, 0.2) is 6.61 Å². The number of hydrogen-bond acceptors (Lipinski definition) is 4. The minimum absolute atomic E-state index is 0.00269. The standard InChI is InChI=1S/C30H35N3O3/c1-4-24-12-14-25(15-13-24)35-19-7-18-33-27-9-6-5-8-26(27)32-29(33)16-17-31-30(34)21-36-28-20-22(2)10-11-23(28)3/h5-6,8-15,20H,4,7,16-19,21H2,1-3H3,(H,31,34). The van der Waals surface area contributed by atoms with Crippen LogP contribution >= 0.6 is 0 Å². The summed E-state index contributed by atoms with van der Waals surface area (Å²) < 4.78 is 13.9. The van der Waals surface area contributed by atoms with Crippen LogP contribution in [-0.2, 0) is 24.2 Å². The third-order valence-electron chi connectivity index (χ3n) is 6.23. The van der Waals surface area contributed by atoms with Crippen LogP contribution in [0.1, 0.15) is 35.9 Å². The fraction of sp³-hybridized carbons (Fsp3) is 0.333. The third-order valence-corrected chi connectivity index (χ3v) is 6.23. The molecule has 0 saturated heterocycles. The van der Waals surface area contributed by atoms with Crippen molar-refractivity contribution in [1.29, 1.82) is 0 Å². The third kappa shape index (κ3) is 6.66. The second-order valence-corrected chi connectivity index (χ2v) is 9.03. The maximum Gasteiger partial charge on any atom is 0.257 e. The van der Waals surface area contributed by atoms with E-state index in [1.54, 1.807) is 0 Å². The van der Waals surface area contributed by atoms with Gasteiger partial charge in [0.25, 0.3) is 5.91 Å². The predicted molar refractivity (Wildman–Crippen MR) is 144 cm³/mol. The quantitative estimate of drug-likeness (QED) is 0.272. The molecule has 0 aliphatic heterocycles. The zero-order chi connectivity index (χ0) is 25.3. The fourth-order valence-corrected chi connectivity index (χ4v) is 4.17. The van der Waals surface area contributed by atoms with Crippen LogP contribution in [0.5, 0.6) is 11.5 Å². The molecule has 0 spiro atoms. The summed E-state index contributed by atoms with van der Waals surface area (Å²) in [5.41, 5.74) is 5.50. The molecule has 0 bridgehead atoms. The number of rotatable bonds is 12. The highest BCUT2D eigenvalue weighted by Crippen LogP contribution is 2.19. The summed E-state index contributed by atoms with van der Waals surface area (Å²) in [7, 11) is 0. The van der Waals surface area contributed by atoms with Crippen LogP contribution in [0.4, 0.5) is 0 Å². The lowest BCUT2D eigenvalue weighted by Crippen LogP contribution is -2.31. The zero-order valence-electron chi connectivity index (χ0n) is 21.4.